The molecule has 0 spiro atoms. The predicted molar refractivity (Wildman–Crippen MR) is 46.8 cm³/mol. The Labute approximate surface area is 77.6 Å². The summed E-state index contributed by atoms with van der Waals surface area (Å²) >= 11 is 0. The Kier molecular flexibility index (Phi) is 3.13. The summed E-state index contributed by atoms with van der Waals surface area (Å²) in [4.78, 5) is 10.6. The Morgan fingerprint density at radius 3 is 2.54 bits per heavy atom. The second-order valence-electron chi connectivity index (χ2n) is 3.65. The fourth-order valence-electron chi connectivity index (χ4n) is 1.98. The molecule has 0 aromatic carbocycles. The standard InChI is InChI=1S/C9H14N2O2/c10-7-11-9(6-8(12)13)4-2-1-3-5-9/h11H,1-6H2,(H,12,13). The molecule has 0 aliphatic heterocycles. The van der Waals surface area contributed by atoms with Gasteiger partial charge in [0.25, 0.3) is 0 Å². The first-order valence-corrected chi connectivity index (χ1v) is 4.57. The zero-order chi connectivity index (χ0) is 9.73. The Morgan fingerprint density at radius 2 is 2.08 bits per heavy atom. The van der Waals surface area contributed by atoms with Crippen LogP contribution in [0.4, 0.5) is 0 Å². The quantitative estimate of drug-likeness (QED) is 0.508. The number of hydrogen-bond donors (Lipinski definition) is 2. The molecule has 4 heteroatoms. The first-order chi connectivity index (χ1) is 6.18. The molecular formula is C9H14N2O2. The molecule has 1 fully saturated rings. The zero-order valence-electron chi connectivity index (χ0n) is 7.55. The minimum atomic E-state index is -0.829. The molecule has 1 rings (SSSR count). The molecule has 1 aliphatic rings. The van der Waals surface area contributed by atoms with Gasteiger partial charge in [-0.25, -0.2) is 0 Å². The highest BCUT2D eigenvalue weighted by molar-refractivity contribution is 5.68. The largest absolute Gasteiger partial charge is 0.481 e. The fourth-order valence-corrected chi connectivity index (χ4v) is 1.98. The highest BCUT2D eigenvalue weighted by atomic mass is 16.4. The van der Waals surface area contributed by atoms with Gasteiger partial charge < -0.3 is 10.4 Å². The Bertz CT molecular complexity index is 226. The molecule has 72 valence electrons. The number of nitrogens with zero attached hydrogens (tertiary/aromatic N) is 1. The Balaban J connectivity index is 2.62. The lowest BCUT2D eigenvalue weighted by molar-refractivity contribution is -0.139. The number of rotatable bonds is 3. The van der Waals surface area contributed by atoms with Gasteiger partial charge in [0.2, 0.25) is 0 Å². The van der Waals surface area contributed by atoms with E-state index in [4.69, 9.17) is 10.4 Å². The van der Waals surface area contributed by atoms with Crippen LogP contribution in [0.25, 0.3) is 0 Å². The molecule has 4 nitrogen and oxygen atoms in total. The van der Waals surface area contributed by atoms with Crippen molar-refractivity contribution in [1.29, 1.82) is 5.26 Å². The van der Waals surface area contributed by atoms with Gasteiger partial charge in [-0.1, -0.05) is 19.3 Å². The van der Waals surface area contributed by atoms with Crippen LogP contribution in [0.15, 0.2) is 0 Å². The number of nitrogens with one attached hydrogen (secondary N) is 1. The maximum absolute atomic E-state index is 10.6. The van der Waals surface area contributed by atoms with Crippen LogP contribution in [-0.2, 0) is 4.79 Å². The van der Waals surface area contributed by atoms with Gasteiger partial charge in [-0.3, -0.25) is 4.79 Å². The van der Waals surface area contributed by atoms with Crippen molar-refractivity contribution in [2.45, 2.75) is 44.1 Å². The van der Waals surface area contributed by atoms with Crippen molar-refractivity contribution in [3.8, 4) is 6.19 Å². The van der Waals surface area contributed by atoms with Gasteiger partial charge in [0.05, 0.1) is 12.0 Å². The number of hydrogen-bond acceptors (Lipinski definition) is 3. The first-order valence-electron chi connectivity index (χ1n) is 4.57. The van der Waals surface area contributed by atoms with Crippen LogP contribution in [0, 0.1) is 11.5 Å². The van der Waals surface area contributed by atoms with Gasteiger partial charge in [-0.2, -0.15) is 5.26 Å². The van der Waals surface area contributed by atoms with Crippen molar-refractivity contribution < 1.29 is 9.90 Å². The lowest BCUT2D eigenvalue weighted by atomic mass is 9.79. The summed E-state index contributed by atoms with van der Waals surface area (Å²) in [7, 11) is 0. The summed E-state index contributed by atoms with van der Waals surface area (Å²) in [5.41, 5.74) is -0.459. The van der Waals surface area contributed by atoms with Crippen LogP contribution < -0.4 is 5.32 Å². The number of aliphatic carboxylic acids is 1. The average Bonchev–Trinajstić information content (AvgIpc) is 2.04. The summed E-state index contributed by atoms with van der Waals surface area (Å²) in [5, 5.41) is 19.9. The maximum atomic E-state index is 10.6. The first kappa shape index (κ1) is 9.85. The van der Waals surface area contributed by atoms with E-state index in [-0.39, 0.29) is 6.42 Å². The van der Waals surface area contributed by atoms with Crippen LogP contribution >= 0.6 is 0 Å². The topological polar surface area (TPSA) is 73.1 Å². The van der Waals surface area contributed by atoms with Gasteiger partial charge in [0.1, 0.15) is 0 Å². The molecule has 0 heterocycles. The van der Waals surface area contributed by atoms with E-state index in [9.17, 15) is 4.79 Å². The number of carboxylic acid groups (broad SMARTS) is 1. The molecular weight excluding hydrogens is 168 g/mol. The van der Waals surface area contributed by atoms with E-state index < -0.39 is 11.5 Å². The smallest absolute Gasteiger partial charge is 0.305 e. The molecule has 0 unspecified atom stereocenters. The van der Waals surface area contributed by atoms with E-state index >= 15 is 0 Å². The minimum Gasteiger partial charge on any atom is -0.481 e. The van der Waals surface area contributed by atoms with E-state index in [0.29, 0.717) is 0 Å². The number of carbonyl (C=O) groups is 1. The molecule has 0 saturated heterocycles. The van der Waals surface area contributed by atoms with Crippen LogP contribution in [0.1, 0.15) is 38.5 Å². The van der Waals surface area contributed by atoms with Gasteiger partial charge in [0.15, 0.2) is 6.19 Å². The van der Waals surface area contributed by atoms with Crippen molar-refractivity contribution in [2.24, 2.45) is 0 Å². The third-order valence-electron chi connectivity index (χ3n) is 2.62. The summed E-state index contributed by atoms with van der Waals surface area (Å²) in [6.07, 6.45) is 6.70. The van der Waals surface area contributed by atoms with Gasteiger partial charge in [-0.05, 0) is 12.8 Å². The van der Waals surface area contributed by atoms with Crippen LogP contribution in [0.5, 0.6) is 0 Å². The zero-order valence-corrected chi connectivity index (χ0v) is 7.55. The van der Waals surface area contributed by atoms with E-state index in [1.165, 1.54) is 0 Å². The van der Waals surface area contributed by atoms with Crippen LogP contribution in [0.3, 0.4) is 0 Å². The summed E-state index contributed by atoms with van der Waals surface area (Å²) in [5.74, 6) is -0.829. The van der Waals surface area contributed by atoms with E-state index in [1.54, 1.807) is 0 Å². The molecule has 1 aliphatic carbocycles. The molecule has 13 heavy (non-hydrogen) atoms. The maximum Gasteiger partial charge on any atom is 0.305 e. The summed E-state index contributed by atoms with van der Waals surface area (Å²) < 4.78 is 0. The highest BCUT2D eigenvalue weighted by Gasteiger charge is 2.33. The molecule has 0 radical (unpaired) electrons. The van der Waals surface area contributed by atoms with Crippen LogP contribution in [0.2, 0.25) is 0 Å². The van der Waals surface area contributed by atoms with Gasteiger partial charge >= 0.3 is 5.97 Å². The number of carboxylic acids is 1. The monoisotopic (exact) mass is 182 g/mol. The Hall–Kier alpha value is -1.24. The van der Waals surface area contributed by atoms with Gasteiger partial charge in [0, 0.05) is 0 Å². The van der Waals surface area contributed by atoms with Gasteiger partial charge in [-0.15, -0.1) is 0 Å². The molecule has 0 aromatic rings. The second-order valence-corrected chi connectivity index (χ2v) is 3.65. The molecule has 0 amide bonds. The fraction of sp³-hybridized carbons (Fsp3) is 0.778. The SMILES string of the molecule is N#CNC1(CC(=O)O)CCCCC1. The summed E-state index contributed by atoms with van der Waals surface area (Å²) in [6, 6.07) is 0. The minimum absolute atomic E-state index is 0.0561. The molecule has 0 aromatic heterocycles. The second kappa shape index (κ2) is 4.13. The third-order valence-corrected chi connectivity index (χ3v) is 2.62. The van der Waals surface area contributed by atoms with Crippen molar-refractivity contribution in [1.82, 2.24) is 5.32 Å². The van der Waals surface area contributed by atoms with Crippen molar-refractivity contribution in [3.63, 3.8) is 0 Å². The molecule has 0 bridgehead atoms. The van der Waals surface area contributed by atoms with Crippen molar-refractivity contribution in [2.75, 3.05) is 0 Å². The van der Waals surface area contributed by atoms with Crippen molar-refractivity contribution in [3.05, 3.63) is 0 Å². The molecule has 1 saturated carbocycles. The van der Waals surface area contributed by atoms with E-state index in [0.717, 1.165) is 32.1 Å². The third kappa shape index (κ3) is 2.62. The van der Waals surface area contributed by atoms with Crippen molar-refractivity contribution >= 4 is 5.97 Å². The Morgan fingerprint density at radius 1 is 1.46 bits per heavy atom. The molecule has 0 atom stereocenters. The number of nitriles is 1. The molecule has 2 N–H and O–H groups in total. The predicted octanol–water partition coefficient (Wildman–Crippen LogP) is 1.23. The van der Waals surface area contributed by atoms with E-state index in [1.807, 2.05) is 6.19 Å². The lowest BCUT2D eigenvalue weighted by Crippen LogP contribution is -2.45. The highest BCUT2D eigenvalue weighted by Crippen LogP contribution is 2.30. The normalized spacial score (nSPS) is 20.2. The summed E-state index contributed by atoms with van der Waals surface area (Å²) in [6.45, 7) is 0. The van der Waals surface area contributed by atoms with E-state index in [2.05, 4.69) is 5.32 Å². The lowest BCUT2D eigenvalue weighted by Gasteiger charge is -2.34. The average molecular weight is 182 g/mol. The van der Waals surface area contributed by atoms with Crippen LogP contribution in [-0.4, -0.2) is 16.6 Å².